The number of hydrogen-bond donors (Lipinski definition) is 2. The molecule has 0 heterocycles. The molecule has 0 aliphatic carbocycles. The first-order valence-electron chi connectivity index (χ1n) is 7.26. The van der Waals surface area contributed by atoms with E-state index in [0.717, 1.165) is 0 Å². The summed E-state index contributed by atoms with van der Waals surface area (Å²) in [5.74, 6) is 0.0642. The maximum absolute atomic E-state index is 12.5. The number of rotatable bonds is 6. The summed E-state index contributed by atoms with van der Waals surface area (Å²) in [7, 11) is 0. The molecule has 2 amide bonds. The molecular weight excluding hydrogens is 302 g/mol. The third-order valence-electron chi connectivity index (χ3n) is 3.26. The fourth-order valence-corrected chi connectivity index (χ4v) is 2.22. The Morgan fingerprint density at radius 1 is 1.09 bits per heavy atom. The molecule has 0 saturated carbocycles. The summed E-state index contributed by atoms with van der Waals surface area (Å²) in [6, 6.07) is 14.6. The average molecular weight is 320 g/mol. The highest BCUT2D eigenvalue weighted by Crippen LogP contribution is 2.28. The van der Waals surface area contributed by atoms with Gasteiger partial charge in [-0.15, -0.1) is 0 Å². The van der Waals surface area contributed by atoms with Crippen LogP contribution in [-0.2, 0) is 0 Å². The van der Waals surface area contributed by atoms with E-state index in [0.29, 0.717) is 17.7 Å². The average Bonchev–Trinajstić information content (AvgIpc) is 2.54. The Bertz CT molecular complexity index is 636. The van der Waals surface area contributed by atoms with Crippen LogP contribution < -0.4 is 15.4 Å². The van der Waals surface area contributed by atoms with E-state index in [-0.39, 0.29) is 5.75 Å². The number of nitrogens with one attached hydrogen (secondary N) is 2. The second-order valence-electron chi connectivity index (χ2n) is 4.84. The lowest BCUT2D eigenvalue weighted by atomic mass is 10.0. The largest absolute Gasteiger partial charge is 0.434 e. The normalized spacial score (nSPS) is 11.8. The van der Waals surface area contributed by atoms with Crippen LogP contribution in [0.3, 0.4) is 0 Å². The molecule has 1 atom stereocenters. The molecule has 0 aliphatic rings. The number of alkyl halides is 2. The number of anilines is 1. The van der Waals surface area contributed by atoms with Crippen LogP contribution in [0.4, 0.5) is 19.3 Å². The van der Waals surface area contributed by atoms with Crippen molar-refractivity contribution in [3.63, 3.8) is 0 Å². The van der Waals surface area contributed by atoms with Crippen molar-refractivity contribution in [1.29, 1.82) is 0 Å². The zero-order valence-electron chi connectivity index (χ0n) is 12.6. The Kier molecular flexibility index (Phi) is 5.91. The van der Waals surface area contributed by atoms with Crippen LogP contribution >= 0.6 is 0 Å². The van der Waals surface area contributed by atoms with Gasteiger partial charge in [0.2, 0.25) is 0 Å². The van der Waals surface area contributed by atoms with Crippen molar-refractivity contribution in [3.8, 4) is 5.75 Å². The predicted octanol–water partition coefficient (Wildman–Crippen LogP) is 4.56. The Labute approximate surface area is 133 Å². The van der Waals surface area contributed by atoms with Gasteiger partial charge in [0, 0.05) is 11.3 Å². The SMILES string of the molecule is CC[C@@H](NC(=O)Nc1ccccc1)c1ccccc1OC(F)F. The van der Waals surface area contributed by atoms with E-state index >= 15 is 0 Å². The first-order valence-corrected chi connectivity index (χ1v) is 7.26. The van der Waals surface area contributed by atoms with Crippen molar-refractivity contribution in [1.82, 2.24) is 5.32 Å². The quantitative estimate of drug-likeness (QED) is 0.819. The van der Waals surface area contributed by atoms with Gasteiger partial charge in [0.1, 0.15) is 5.75 Å². The van der Waals surface area contributed by atoms with E-state index in [1.807, 2.05) is 13.0 Å². The highest BCUT2D eigenvalue weighted by Gasteiger charge is 2.18. The van der Waals surface area contributed by atoms with Gasteiger partial charge in [-0.1, -0.05) is 43.3 Å². The lowest BCUT2D eigenvalue weighted by molar-refractivity contribution is -0.0506. The number of halogens is 2. The van der Waals surface area contributed by atoms with E-state index in [1.165, 1.54) is 6.07 Å². The van der Waals surface area contributed by atoms with Gasteiger partial charge in [-0.05, 0) is 24.6 Å². The Hall–Kier alpha value is -2.63. The standard InChI is InChI=1S/C17H18F2N2O2/c1-2-14(13-10-6-7-11-15(13)23-16(18)19)21-17(22)20-12-8-4-3-5-9-12/h3-11,14,16H,2H2,1H3,(H2,20,21,22)/t14-/m1/s1. The summed E-state index contributed by atoms with van der Waals surface area (Å²) in [5, 5.41) is 5.47. The summed E-state index contributed by atoms with van der Waals surface area (Å²) < 4.78 is 29.5. The molecule has 0 unspecified atom stereocenters. The van der Waals surface area contributed by atoms with Crippen molar-refractivity contribution in [2.45, 2.75) is 26.0 Å². The molecule has 2 aromatic carbocycles. The predicted molar refractivity (Wildman–Crippen MR) is 84.7 cm³/mol. The van der Waals surface area contributed by atoms with E-state index in [4.69, 9.17) is 0 Å². The van der Waals surface area contributed by atoms with Crippen LogP contribution in [0.15, 0.2) is 54.6 Å². The molecule has 0 fully saturated rings. The molecule has 0 saturated heterocycles. The molecule has 6 heteroatoms. The minimum absolute atomic E-state index is 0.0642. The maximum Gasteiger partial charge on any atom is 0.387 e. The number of carbonyl (C=O) groups excluding carboxylic acids is 1. The van der Waals surface area contributed by atoms with Crippen LogP contribution in [0.1, 0.15) is 24.9 Å². The van der Waals surface area contributed by atoms with Gasteiger partial charge in [-0.2, -0.15) is 8.78 Å². The lowest BCUT2D eigenvalue weighted by Crippen LogP contribution is -2.32. The monoisotopic (exact) mass is 320 g/mol. The summed E-state index contributed by atoms with van der Waals surface area (Å²) in [6.07, 6.45) is 0.534. The van der Waals surface area contributed by atoms with Crippen molar-refractivity contribution in [2.24, 2.45) is 0 Å². The van der Waals surface area contributed by atoms with Gasteiger partial charge in [0.15, 0.2) is 0 Å². The maximum atomic E-state index is 12.5. The topological polar surface area (TPSA) is 50.4 Å². The molecule has 2 rings (SSSR count). The Morgan fingerprint density at radius 3 is 2.39 bits per heavy atom. The first-order chi connectivity index (χ1) is 11.1. The van der Waals surface area contributed by atoms with Gasteiger partial charge in [0.05, 0.1) is 6.04 Å². The summed E-state index contributed by atoms with van der Waals surface area (Å²) in [5.41, 5.74) is 1.16. The molecular formula is C17H18F2N2O2. The van der Waals surface area contributed by atoms with Crippen LogP contribution in [0, 0.1) is 0 Å². The molecule has 0 aliphatic heterocycles. The van der Waals surface area contributed by atoms with E-state index < -0.39 is 18.7 Å². The summed E-state index contributed by atoms with van der Waals surface area (Å²) in [6.45, 7) is -1.06. The van der Waals surface area contributed by atoms with Crippen molar-refractivity contribution in [3.05, 3.63) is 60.2 Å². The van der Waals surface area contributed by atoms with Crippen molar-refractivity contribution in [2.75, 3.05) is 5.32 Å². The highest BCUT2D eigenvalue weighted by atomic mass is 19.3. The van der Waals surface area contributed by atoms with Gasteiger partial charge >= 0.3 is 12.6 Å². The lowest BCUT2D eigenvalue weighted by Gasteiger charge is -2.20. The fourth-order valence-electron chi connectivity index (χ4n) is 2.22. The van der Waals surface area contributed by atoms with Crippen LogP contribution in [0.2, 0.25) is 0 Å². The molecule has 0 bridgehead atoms. The molecule has 2 N–H and O–H groups in total. The summed E-state index contributed by atoms with van der Waals surface area (Å²) in [4.78, 5) is 12.1. The van der Waals surface area contributed by atoms with Crippen LogP contribution in [0.25, 0.3) is 0 Å². The second-order valence-corrected chi connectivity index (χ2v) is 4.84. The number of amides is 2. The molecule has 23 heavy (non-hydrogen) atoms. The third kappa shape index (κ3) is 4.95. The van der Waals surface area contributed by atoms with Crippen molar-refractivity contribution < 1.29 is 18.3 Å². The van der Waals surface area contributed by atoms with Gasteiger partial charge in [0.25, 0.3) is 0 Å². The van der Waals surface area contributed by atoms with Gasteiger partial charge in [-0.3, -0.25) is 0 Å². The van der Waals surface area contributed by atoms with Gasteiger partial charge < -0.3 is 15.4 Å². The molecule has 4 nitrogen and oxygen atoms in total. The number of benzene rings is 2. The van der Waals surface area contributed by atoms with E-state index in [9.17, 15) is 13.6 Å². The molecule has 0 radical (unpaired) electrons. The Balaban J connectivity index is 2.09. The minimum atomic E-state index is -2.91. The third-order valence-corrected chi connectivity index (χ3v) is 3.26. The number of hydrogen-bond acceptors (Lipinski definition) is 2. The molecule has 2 aromatic rings. The fraction of sp³-hybridized carbons (Fsp3) is 0.235. The summed E-state index contributed by atoms with van der Waals surface area (Å²) >= 11 is 0. The number of carbonyl (C=O) groups is 1. The van der Waals surface area contributed by atoms with Gasteiger partial charge in [-0.25, -0.2) is 4.79 Å². The first kappa shape index (κ1) is 16.7. The molecule has 122 valence electrons. The van der Waals surface area contributed by atoms with Crippen LogP contribution in [0.5, 0.6) is 5.75 Å². The van der Waals surface area contributed by atoms with Crippen molar-refractivity contribution >= 4 is 11.7 Å². The zero-order chi connectivity index (χ0) is 16.7. The number of para-hydroxylation sites is 2. The number of urea groups is 1. The zero-order valence-corrected chi connectivity index (χ0v) is 12.6. The molecule has 0 spiro atoms. The minimum Gasteiger partial charge on any atom is -0.434 e. The Morgan fingerprint density at radius 2 is 1.74 bits per heavy atom. The highest BCUT2D eigenvalue weighted by molar-refractivity contribution is 5.89. The van der Waals surface area contributed by atoms with E-state index in [2.05, 4.69) is 15.4 Å². The second kappa shape index (κ2) is 8.12. The van der Waals surface area contributed by atoms with Crippen LogP contribution in [-0.4, -0.2) is 12.6 Å². The van der Waals surface area contributed by atoms with E-state index in [1.54, 1.807) is 42.5 Å². The molecule has 0 aromatic heterocycles. The number of ether oxygens (including phenoxy) is 1. The smallest absolute Gasteiger partial charge is 0.387 e.